The van der Waals surface area contributed by atoms with Gasteiger partial charge < -0.3 is 0 Å². The Kier molecular flexibility index (Phi) is 6.27. The molecular weight excluding hydrogens is 379 g/mol. The second kappa shape index (κ2) is 8.46. The molecule has 0 amide bonds. The van der Waals surface area contributed by atoms with E-state index in [0.717, 1.165) is 11.8 Å². The first kappa shape index (κ1) is 15.6. The van der Waals surface area contributed by atoms with E-state index >= 15 is 0 Å². The van der Waals surface area contributed by atoms with Crippen LogP contribution in [0.5, 0.6) is 5.75 Å². The average Bonchev–Trinajstić information content (AvgIpc) is 2.54. The first-order valence-electron chi connectivity index (χ1n) is 6.50. The van der Waals surface area contributed by atoms with E-state index in [0.29, 0.717) is 6.61 Å². The van der Waals surface area contributed by atoms with Crippen LogP contribution < -0.4 is 25.9 Å². The molecule has 0 radical (unpaired) electrons. The van der Waals surface area contributed by atoms with Gasteiger partial charge in [-0.2, -0.15) is 0 Å². The molecule has 4 heteroatoms. The topological polar surface area (TPSA) is 35.5 Å². The van der Waals surface area contributed by atoms with E-state index in [1.165, 1.54) is 7.14 Å². The first-order chi connectivity index (χ1) is 10.3. The van der Waals surface area contributed by atoms with Crippen LogP contribution in [0.2, 0.25) is 0 Å². The molecule has 2 aromatic rings. The molecule has 0 aliphatic carbocycles. The number of rotatable bonds is 7. The first-order valence-corrected chi connectivity index (χ1v) is 8.65. The van der Waals surface area contributed by atoms with Crippen molar-refractivity contribution < 1.29 is 35.5 Å². The van der Waals surface area contributed by atoms with Crippen molar-refractivity contribution in [2.24, 2.45) is 0 Å². The van der Waals surface area contributed by atoms with Crippen LogP contribution in [-0.4, -0.2) is 19.2 Å². The van der Waals surface area contributed by atoms with E-state index in [-0.39, 0.29) is 27.8 Å². The van der Waals surface area contributed by atoms with E-state index in [1.54, 1.807) is 0 Å². The van der Waals surface area contributed by atoms with Gasteiger partial charge in [0, 0.05) is 0 Å². The molecule has 3 nitrogen and oxygen atoms in total. The number of ether oxygens (including phenoxy) is 2. The predicted octanol–water partition coefficient (Wildman–Crippen LogP) is -0.0770. The molecule has 0 fully saturated rings. The van der Waals surface area contributed by atoms with Crippen LogP contribution in [0, 0.1) is 7.14 Å². The molecule has 0 spiro atoms. The van der Waals surface area contributed by atoms with Crippen molar-refractivity contribution in [3.63, 3.8) is 0 Å². The summed E-state index contributed by atoms with van der Waals surface area (Å²) in [4.78, 5) is 10.8. The van der Waals surface area contributed by atoms with Crippen LogP contribution in [0.4, 0.5) is 0 Å². The van der Waals surface area contributed by atoms with E-state index in [9.17, 15) is 4.79 Å². The van der Waals surface area contributed by atoms with Crippen LogP contribution in [0.25, 0.3) is 0 Å². The molecule has 2 rings (SSSR count). The van der Waals surface area contributed by atoms with Crippen LogP contribution in [0.1, 0.15) is 0 Å². The van der Waals surface area contributed by atoms with Gasteiger partial charge in [-0.05, 0) is 0 Å². The van der Waals surface area contributed by atoms with Crippen LogP contribution in [0.3, 0.4) is 0 Å². The van der Waals surface area contributed by atoms with E-state index in [2.05, 4.69) is 43.0 Å². The molecular formula is C17H16IO3-. The predicted molar refractivity (Wildman–Crippen MR) is 76.9 cm³/mol. The van der Waals surface area contributed by atoms with E-state index < -0.39 is 5.97 Å². The van der Waals surface area contributed by atoms with Gasteiger partial charge in [-0.15, -0.1) is 0 Å². The second-order valence-corrected chi connectivity index (χ2v) is 7.09. The van der Waals surface area contributed by atoms with Crippen molar-refractivity contribution in [1.82, 2.24) is 0 Å². The zero-order chi connectivity index (χ0) is 14.9. The molecule has 0 unspecified atom stereocenters. The molecule has 0 N–H and O–H groups in total. The Morgan fingerprint density at radius 2 is 1.67 bits per heavy atom. The fourth-order valence-corrected chi connectivity index (χ4v) is 3.77. The monoisotopic (exact) mass is 395 g/mol. The Bertz CT molecular complexity index is 579. The van der Waals surface area contributed by atoms with Crippen molar-refractivity contribution in [2.75, 3.05) is 13.2 Å². The van der Waals surface area contributed by atoms with Gasteiger partial charge in [0.25, 0.3) is 0 Å². The summed E-state index contributed by atoms with van der Waals surface area (Å²) < 4.78 is 13.1. The minimum absolute atomic E-state index is 0.148. The van der Waals surface area contributed by atoms with Gasteiger partial charge in [-0.3, -0.25) is 0 Å². The third kappa shape index (κ3) is 5.59. The van der Waals surface area contributed by atoms with Crippen LogP contribution in [0.15, 0.2) is 67.3 Å². The maximum absolute atomic E-state index is 10.8. The normalized spacial score (nSPS) is 10.1. The Morgan fingerprint density at radius 3 is 2.33 bits per heavy atom. The van der Waals surface area contributed by atoms with Gasteiger partial charge in [0.15, 0.2) is 0 Å². The van der Waals surface area contributed by atoms with Crippen molar-refractivity contribution in [1.29, 1.82) is 0 Å². The van der Waals surface area contributed by atoms with Crippen LogP contribution in [-0.2, 0) is 9.53 Å². The zero-order valence-electron chi connectivity index (χ0n) is 11.5. The van der Waals surface area contributed by atoms with Gasteiger partial charge in [0.2, 0.25) is 0 Å². The molecule has 21 heavy (non-hydrogen) atoms. The van der Waals surface area contributed by atoms with Crippen molar-refractivity contribution in [3.05, 3.63) is 74.4 Å². The van der Waals surface area contributed by atoms with Gasteiger partial charge >= 0.3 is 135 Å². The number of hydrogen-bond donors (Lipinski definition) is 0. The molecule has 0 saturated carbocycles. The Balaban J connectivity index is 1.79. The summed E-state index contributed by atoms with van der Waals surface area (Å²) >= 11 is -0.148. The fourth-order valence-electron chi connectivity index (χ4n) is 1.56. The third-order valence-electron chi connectivity index (χ3n) is 2.53. The fraction of sp³-hybridized carbons (Fsp3) is 0.118. The molecule has 110 valence electrons. The molecule has 0 bridgehead atoms. The summed E-state index contributed by atoms with van der Waals surface area (Å²) in [6, 6.07) is 18.6. The Morgan fingerprint density at radius 1 is 1.00 bits per heavy atom. The van der Waals surface area contributed by atoms with Gasteiger partial charge in [-0.1, -0.05) is 0 Å². The maximum atomic E-state index is 10.8. The number of hydrogen-bond acceptors (Lipinski definition) is 3. The quantitative estimate of drug-likeness (QED) is 0.285. The summed E-state index contributed by atoms with van der Waals surface area (Å²) in [7, 11) is 0. The minimum atomic E-state index is -0.429. The van der Waals surface area contributed by atoms with Crippen molar-refractivity contribution >= 4 is 5.97 Å². The molecule has 0 saturated heterocycles. The van der Waals surface area contributed by atoms with Crippen molar-refractivity contribution in [3.8, 4) is 5.75 Å². The van der Waals surface area contributed by atoms with E-state index in [1.807, 2.05) is 18.2 Å². The summed E-state index contributed by atoms with van der Waals surface area (Å²) in [5.41, 5.74) is 0. The standard InChI is InChI=1S/C17H16IO3/c1-2-17(19)21-13-12-20-16-10-8-15(9-11-16)18-14-6-4-3-5-7-14/h2-11H,1,12-13H2/q-1. The number of esters is 1. The summed E-state index contributed by atoms with van der Waals surface area (Å²) in [6.07, 6.45) is 1.14. The van der Waals surface area contributed by atoms with E-state index in [4.69, 9.17) is 9.47 Å². The van der Waals surface area contributed by atoms with Crippen molar-refractivity contribution in [2.45, 2.75) is 0 Å². The van der Waals surface area contributed by atoms with Gasteiger partial charge in [-0.25, -0.2) is 0 Å². The molecule has 0 aromatic heterocycles. The number of benzene rings is 2. The zero-order valence-corrected chi connectivity index (χ0v) is 13.7. The summed E-state index contributed by atoms with van der Waals surface area (Å²) in [6.45, 7) is 3.89. The summed E-state index contributed by atoms with van der Waals surface area (Å²) in [5.74, 6) is 0.354. The Hall–Kier alpha value is -1.82. The van der Waals surface area contributed by atoms with Crippen LogP contribution >= 0.6 is 0 Å². The molecule has 2 aromatic carbocycles. The number of halogens is 1. The summed E-state index contributed by atoms with van der Waals surface area (Å²) in [5, 5.41) is 0. The third-order valence-corrected chi connectivity index (χ3v) is 5.21. The SMILES string of the molecule is C=CC(=O)OCCOc1ccc([I-]c2ccccc2)cc1. The molecule has 0 aliphatic heterocycles. The number of carbonyl (C=O) groups is 1. The number of carbonyl (C=O) groups excluding carboxylic acids is 1. The molecule has 0 atom stereocenters. The molecule has 0 heterocycles. The molecule has 0 aliphatic rings. The van der Waals surface area contributed by atoms with Gasteiger partial charge in [0.05, 0.1) is 0 Å². The Labute approximate surface area is 134 Å². The average molecular weight is 395 g/mol. The second-order valence-electron chi connectivity index (χ2n) is 4.06. The van der Waals surface area contributed by atoms with Gasteiger partial charge in [0.1, 0.15) is 0 Å².